The molecule has 1 saturated heterocycles. The Morgan fingerprint density at radius 2 is 1.90 bits per heavy atom. The molecular weight excluding hydrogens is 258 g/mol. The third-order valence-corrected chi connectivity index (χ3v) is 6.13. The van der Waals surface area contributed by atoms with Crippen LogP contribution in [0.2, 0.25) is 0 Å². The molecule has 0 amide bonds. The van der Waals surface area contributed by atoms with Crippen LogP contribution in [0.5, 0.6) is 0 Å². The smallest absolute Gasteiger partial charge is 0.0685 e. The molecule has 1 spiro atoms. The zero-order valence-electron chi connectivity index (χ0n) is 14.8. The van der Waals surface area contributed by atoms with Crippen molar-refractivity contribution in [1.82, 2.24) is 5.32 Å². The van der Waals surface area contributed by atoms with E-state index < -0.39 is 0 Å². The van der Waals surface area contributed by atoms with Gasteiger partial charge in [-0.1, -0.05) is 47.0 Å². The first-order chi connectivity index (χ1) is 10.0. The zero-order chi connectivity index (χ0) is 15.3. The Morgan fingerprint density at radius 3 is 2.52 bits per heavy atom. The second kappa shape index (κ2) is 7.46. The minimum Gasteiger partial charge on any atom is -0.375 e. The Bertz CT molecular complexity index is 301. The van der Waals surface area contributed by atoms with Crippen LogP contribution in [-0.4, -0.2) is 24.8 Å². The Labute approximate surface area is 132 Å². The molecule has 2 rings (SSSR count). The first-order valence-corrected chi connectivity index (χ1v) is 9.40. The lowest BCUT2D eigenvalue weighted by Crippen LogP contribution is -2.53. The maximum absolute atomic E-state index is 6.31. The maximum Gasteiger partial charge on any atom is 0.0685 e. The van der Waals surface area contributed by atoms with Crippen LogP contribution in [0.3, 0.4) is 0 Å². The van der Waals surface area contributed by atoms with Crippen LogP contribution in [0.15, 0.2) is 0 Å². The third-order valence-electron chi connectivity index (χ3n) is 6.13. The summed E-state index contributed by atoms with van der Waals surface area (Å²) in [6.07, 6.45) is 11.8. The summed E-state index contributed by atoms with van der Waals surface area (Å²) >= 11 is 0. The maximum atomic E-state index is 6.31. The van der Waals surface area contributed by atoms with Crippen LogP contribution >= 0.6 is 0 Å². The van der Waals surface area contributed by atoms with Crippen molar-refractivity contribution in [3.63, 3.8) is 0 Å². The van der Waals surface area contributed by atoms with E-state index in [9.17, 15) is 0 Å². The highest BCUT2D eigenvalue weighted by Crippen LogP contribution is 2.44. The van der Waals surface area contributed by atoms with Gasteiger partial charge in [0, 0.05) is 12.6 Å². The van der Waals surface area contributed by atoms with E-state index in [1.54, 1.807) is 0 Å². The van der Waals surface area contributed by atoms with Crippen LogP contribution in [-0.2, 0) is 4.74 Å². The molecule has 2 heteroatoms. The molecule has 21 heavy (non-hydrogen) atoms. The fourth-order valence-corrected chi connectivity index (χ4v) is 4.50. The number of hydrogen-bond acceptors (Lipinski definition) is 2. The first kappa shape index (κ1) is 17.3. The molecular formula is C19H37NO. The summed E-state index contributed by atoms with van der Waals surface area (Å²) in [6, 6.07) is 0.644. The van der Waals surface area contributed by atoms with Gasteiger partial charge in [-0.05, 0) is 56.4 Å². The van der Waals surface area contributed by atoms with Gasteiger partial charge in [-0.25, -0.2) is 0 Å². The van der Waals surface area contributed by atoms with Gasteiger partial charge in [-0.2, -0.15) is 0 Å². The van der Waals surface area contributed by atoms with Crippen LogP contribution in [0.25, 0.3) is 0 Å². The summed E-state index contributed by atoms with van der Waals surface area (Å²) in [7, 11) is 0. The molecule has 1 aliphatic heterocycles. The van der Waals surface area contributed by atoms with E-state index in [1.807, 2.05) is 0 Å². The second-order valence-electron chi connectivity index (χ2n) is 8.12. The molecule has 2 atom stereocenters. The van der Waals surface area contributed by atoms with Gasteiger partial charge in [0.2, 0.25) is 0 Å². The average molecular weight is 296 g/mol. The molecule has 0 aromatic rings. The van der Waals surface area contributed by atoms with E-state index in [0.717, 1.165) is 19.1 Å². The molecule has 1 heterocycles. The van der Waals surface area contributed by atoms with E-state index in [2.05, 4.69) is 33.0 Å². The third kappa shape index (κ3) is 4.22. The molecule has 2 fully saturated rings. The predicted octanol–water partition coefficient (Wildman–Crippen LogP) is 4.92. The lowest BCUT2D eigenvalue weighted by Gasteiger charge is -2.49. The fraction of sp³-hybridized carbons (Fsp3) is 1.00. The van der Waals surface area contributed by atoms with Crippen molar-refractivity contribution in [2.45, 2.75) is 97.1 Å². The summed E-state index contributed by atoms with van der Waals surface area (Å²) in [6.45, 7) is 11.6. The van der Waals surface area contributed by atoms with E-state index >= 15 is 0 Å². The summed E-state index contributed by atoms with van der Waals surface area (Å²) in [5, 5.41) is 3.90. The lowest BCUT2D eigenvalue weighted by molar-refractivity contribution is -0.127. The van der Waals surface area contributed by atoms with Gasteiger partial charge in [-0.15, -0.1) is 0 Å². The summed E-state index contributed by atoms with van der Waals surface area (Å²) in [5.74, 6) is 0.790. The van der Waals surface area contributed by atoms with E-state index in [-0.39, 0.29) is 5.60 Å². The molecule has 1 N–H and O–H groups in total. The largest absolute Gasteiger partial charge is 0.375 e. The van der Waals surface area contributed by atoms with E-state index in [1.165, 1.54) is 57.8 Å². The Hall–Kier alpha value is -0.0800. The summed E-state index contributed by atoms with van der Waals surface area (Å²) in [4.78, 5) is 0. The average Bonchev–Trinajstić information content (AvgIpc) is 2.48. The molecule has 0 aromatic heterocycles. The van der Waals surface area contributed by atoms with Gasteiger partial charge in [0.05, 0.1) is 5.60 Å². The standard InChI is InChI=1S/C19H37NO/c1-5-13-20-17(18(3,4)6-2)16-10-14-21-19(15-16)11-8-7-9-12-19/h16-17,20H,5-15H2,1-4H3. The number of nitrogens with one attached hydrogen (secondary N) is 1. The van der Waals surface area contributed by atoms with Crippen molar-refractivity contribution in [2.24, 2.45) is 11.3 Å². The highest BCUT2D eigenvalue weighted by Gasteiger charge is 2.43. The number of hydrogen-bond donors (Lipinski definition) is 1. The molecule has 0 radical (unpaired) electrons. The van der Waals surface area contributed by atoms with Crippen LogP contribution in [0, 0.1) is 11.3 Å². The minimum absolute atomic E-state index is 0.233. The highest BCUT2D eigenvalue weighted by atomic mass is 16.5. The molecule has 0 aromatic carbocycles. The fourth-order valence-electron chi connectivity index (χ4n) is 4.50. The van der Waals surface area contributed by atoms with Gasteiger partial charge in [0.25, 0.3) is 0 Å². The van der Waals surface area contributed by atoms with Crippen molar-refractivity contribution < 1.29 is 4.74 Å². The van der Waals surface area contributed by atoms with Gasteiger partial charge in [0.15, 0.2) is 0 Å². The summed E-state index contributed by atoms with van der Waals surface area (Å²) in [5.41, 5.74) is 0.615. The minimum atomic E-state index is 0.233. The predicted molar refractivity (Wildman–Crippen MR) is 90.6 cm³/mol. The van der Waals surface area contributed by atoms with Crippen molar-refractivity contribution in [1.29, 1.82) is 0 Å². The molecule has 1 saturated carbocycles. The molecule has 2 nitrogen and oxygen atoms in total. The molecule has 0 bridgehead atoms. The van der Waals surface area contributed by atoms with Crippen LogP contribution in [0.4, 0.5) is 0 Å². The van der Waals surface area contributed by atoms with Crippen molar-refractivity contribution in [3.8, 4) is 0 Å². The molecule has 2 aliphatic rings. The van der Waals surface area contributed by atoms with Gasteiger partial charge < -0.3 is 10.1 Å². The SMILES string of the molecule is CCCNC(C1CCOC2(CCCCC2)C1)C(C)(C)CC. The van der Waals surface area contributed by atoms with Crippen molar-refractivity contribution >= 4 is 0 Å². The van der Waals surface area contributed by atoms with Crippen LogP contribution < -0.4 is 5.32 Å². The molecule has 124 valence electrons. The van der Waals surface area contributed by atoms with E-state index in [4.69, 9.17) is 4.74 Å². The first-order valence-electron chi connectivity index (χ1n) is 9.40. The van der Waals surface area contributed by atoms with E-state index in [0.29, 0.717) is 11.5 Å². The Kier molecular flexibility index (Phi) is 6.14. The second-order valence-corrected chi connectivity index (χ2v) is 8.12. The van der Waals surface area contributed by atoms with Gasteiger partial charge in [0.1, 0.15) is 0 Å². The quantitative estimate of drug-likeness (QED) is 0.751. The normalized spacial score (nSPS) is 27.7. The Morgan fingerprint density at radius 1 is 1.19 bits per heavy atom. The topological polar surface area (TPSA) is 21.3 Å². The van der Waals surface area contributed by atoms with Crippen molar-refractivity contribution in [2.75, 3.05) is 13.2 Å². The summed E-state index contributed by atoms with van der Waals surface area (Å²) < 4.78 is 6.31. The number of ether oxygens (including phenoxy) is 1. The molecule has 1 aliphatic carbocycles. The lowest BCUT2D eigenvalue weighted by atomic mass is 9.67. The monoisotopic (exact) mass is 295 g/mol. The zero-order valence-corrected chi connectivity index (χ0v) is 14.8. The highest BCUT2D eigenvalue weighted by molar-refractivity contribution is 4.97. The van der Waals surface area contributed by atoms with Gasteiger partial charge in [-0.3, -0.25) is 0 Å². The van der Waals surface area contributed by atoms with Gasteiger partial charge >= 0.3 is 0 Å². The Balaban J connectivity index is 2.07. The molecule has 2 unspecified atom stereocenters. The van der Waals surface area contributed by atoms with Crippen molar-refractivity contribution in [3.05, 3.63) is 0 Å². The number of rotatable bonds is 6. The van der Waals surface area contributed by atoms with Crippen LogP contribution in [0.1, 0.15) is 85.5 Å².